The molecule has 0 aliphatic carbocycles. The minimum absolute atomic E-state index is 0.386. The summed E-state index contributed by atoms with van der Waals surface area (Å²) in [5.41, 5.74) is 4.45. The average molecular weight is 272 g/mol. The van der Waals surface area contributed by atoms with E-state index in [2.05, 4.69) is 39.1 Å². The summed E-state index contributed by atoms with van der Waals surface area (Å²) in [5.74, 6) is 0. The molecule has 0 bridgehead atoms. The number of aromatic nitrogens is 1. The van der Waals surface area contributed by atoms with Crippen molar-refractivity contribution in [3.63, 3.8) is 0 Å². The van der Waals surface area contributed by atoms with E-state index in [1.165, 1.54) is 16.5 Å². The number of hydrogen-bond acceptors (Lipinski definition) is 3. The first-order valence-corrected chi connectivity index (χ1v) is 7.25. The van der Waals surface area contributed by atoms with Gasteiger partial charge in [0.05, 0.1) is 11.6 Å². The molecule has 108 valence electrons. The Bertz CT molecular complexity index is 593. The summed E-state index contributed by atoms with van der Waals surface area (Å²) >= 11 is 0. The predicted octanol–water partition coefficient (Wildman–Crippen LogP) is 2.75. The fraction of sp³-hybridized carbons (Fsp3) is 0.471. The van der Waals surface area contributed by atoms with Gasteiger partial charge in [0.15, 0.2) is 0 Å². The van der Waals surface area contributed by atoms with Gasteiger partial charge in [0.25, 0.3) is 0 Å². The molecule has 20 heavy (non-hydrogen) atoms. The molecule has 0 saturated heterocycles. The van der Waals surface area contributed by atoms with Gasteiger partial charge in [0.1, 0.15) is 0 Å². The van der Waals surface area contributed by atoms with Gasteiger partial charge in [-0.1, -0.05) is 32.0 Å². The largest absolute Gasteiger partial charge is 0.391 e. The first-order chi connectivity index (χ1) is 9.49. The van der Waals surface area contributed by atoms with Gasteiger partial charge < -0.3 is 10.4 Å². The Morgan fingerprint density at radius 2 is 1.85 bits per heavy atom. The number of fused-ring (bicyclic) bond motifs is 1. The van der Waals surface area contributed by atoms with Gasteiger partial charge in [0, 0.05) is 30.1 Å². The number of aliphatic hydroxyl groups excluding tert-OH is 1. The highest BCUT2D eigenvalue weighted by molar-refractivity contribution is 5.83. The summed E-state index contributed by atoms with van der Waals surface area (Å²) in [5, 5.41) is 14.6. The molecule has 1 aromatic heterocycles. The summed E-state index contributed by atoms with van der Waals surface area (Å²) in [6.45, 7) is 8.98. The molecule has 0 aliphatic rings. The number of benzene rings is 1. The zero-order chi connectivity index (χ0) is 14.7. The van der Waals surface area contributed by atoms with Crippen LogP contribution in [0.15, 0.2) is 24.3 Å². The number of rotatable bonds is 5. The summed E-state index contributed by atoms with van der Waals surface area (Å²) in [6, 6.07) is 8.56. The Morgan fingerprint density at radius 3 is 2.55 bits per heavy atom. The van der Waals surface area contributed by atoms with E-state index in [1.54, 1.807) is 0 Å². The van der Waals surface area contributed by atoms with Crippen molar-refractivity contribution in [2.75, 3.05) is 6.54 Å². The van der Waals surface area contributed by atoms with Crippen LogP contribution in [0.1, 0.15) is 30.7 Å². The van der Waals surface area contributed by atoms with Crippen LogP contribution in [0.2, 0.25) is 0 Å². The summed E-state index contributed by atoms with van der Waals surface area (Å²) < 4.78 is 0. The number of hydrogen-bond donors (Lipinski definition) is 2. The molecule has 1 aromatic carbocycles. The van der Waals surface area contributed by atoms with Crippen molar-refractivity contribution in [1.82, 2.24) is 10.3 Å². The van der Waals surface area contributed by atoms with Crippen molar-refractivity contribution < 1.29 is 5.11 Å². The van der Waals surface area contributed by atoms with Crippen LogP contribution < -0.4 is 5.32 Å². The molecule has 3 nitrogen and oxygen atoms in total. The highest BCUT2D eigenvalue weighted by Crippen LogP contribution is 2.22. The van der Waals surface area contributed by atoms with Gasteiger partial charge in [-0.15, -0.1) is 0 Å². The third-order valence-electron chi connectivity index (χ3n) is 3.75. The Labute approximate surface area is 121 Å². The van der Waals surface area contributed by atoms with E-state index < -0.39 is 6.10 Å². The maximum atomic E-state index is 10.1. The first-order valence-electron chi connectivity index (χ1n) is 7.25. The van der Waals surface area contributed by atoms with Crippen molar-refractivity contribution in [3.05, 3.63) is 41.1 Å². The second-order valence-corrected chi connectivity index (χ2v) is 5.75. The second kappa shape index (κ2) is 6.33. The van der Waals surface area contributed by atoms with E-state index in [4.69, 9.17) is 4.98 Å². The highest BCUT2D eigenvalue weighted by atomic mass is 16.3. The van der Waals surface area contributed by atoms with Gasteiger partial charge in [-0.3, -0.25) is 4.98 Å². The zero-order valence-corrected chi connectivity index (χ0v) is 12.8. The lowest BCUT2D eigenvalue weighted by atomic mass is 10.00. The van der Waals surface area contributed by atoms with Gasteiger partial charge in [0.2, 0.25) is 0 Å². The molecule has 3 heteroatoms. The maximum absolute atomic E-state index is 10.1. The minimum Gasteiger partial charge on any atom is -0.391 e. The van der Waals surface area contributed by atoms with Crippen molar-refractivity contribution in [1.29, 1.82) is 0 Å². The van der Waals surface area contributed by atoms with Crippen LogP contribution in [0, 0.1) is 13.8 Å². The summed E-state index contributed by atoms with van der Waals surface area (Å²) in [7, 11) is 0. The standard InChI is InChI=1S/C17H24N2O/c1-11(2)18-10-14(20)9-17-13(4)12(3)15-7-5-6-8-16(15)19-17/h5-8,11,14,18,20H,9-10H2,1-4H3/t14-/m1/s1. The fourth-order valence-corrected chi connectivity index (χ4v) is 2.40. The molecule has 1 heterocycles. The molecule has 0 saturated carbocycles. The van der Waals surface area contributed by atoms with Crippen LogP contribution in [-0.4, -0.2) is 28.8 Å². The molecular weight excluding hydrogens is 248 g/mol. The quantitative estimate of drug-likeness (QED) is 0.879. The molecule has 0 fully saturated rings. The third kappa shape index (κ3) is 3.35. The van der Waals surface area contributed by atoms with Crippen molar-refractivity contribution in [2.45, 2.75) is 46.3 Å². The number of nitrogens with zero attached hydrogens (tertiary/aromatic N) is 1. The Hall–Kier alpha value is -1.45. The molecule has 0 aliphatic heterocycles. The molecule has 2 N–H and O–H groups in total. The van der Waals surface area contributed by atoms with Crippen LogP contribution in [0.4, 0.5) is 0 Å². The lowest BCUT2D eigenvalue weighted by Gasteiger charge is -2.16. The van der Waals surface area contributed by atoms with Crippen LogP contribution in [0.25, 0.3) is 10.9 Å². The Balaban J connectivity index is 2.24. The van der Waals surface area contributed by atoms with Crippen molar-refractivity contribution >= 4 is 10.9 Å². The number of pyridine rings is 1. The topological polar surface area (TPSA) is 45.1 Å². The van der Waals surface area contributed by atoms with Crippen LogP contribution >= 0.6 is 0 Å². The highest BCUT2D eigenvalue weighted by Gasteiger charge is 2.13. The summed E-state index contributed by atoms with van der Waals surface area (Å²) in [6.07, 6.45) is 0.196. The number of aryl methyl sites for hydroxylation is 1. The van der Waals surface area contributed by atoms with Gasteiger partial charge in [-0.25, -0.2) is 0 Å². The van der Waals surface area contributed by atoms with Crippen LogP contribution in [0.5, 0.6) is 0 Å². The zero-order valence-electron chi connectivity index (χ0n) is 12.8. The molecule has 0 unspecified atom stereocenters. The Morgan fingerprint density at radius 1 is 1.15 bits per heavy atom. The number of aliphatic hydroxyl groups is 1. The molecule has 0 spiro atoms. The van der Waals surface area contributed by atoms with Crippen LogP contribution in [0.3, 0.4) is 0 Å². The average Bonchev–Trinajstić information content (AvgIpc) is 2.42. The van der Waals surface area contributed by atoms with Crippen molar-refractivity contribution in [2.24, 2.45) is 0 Å². The SMILES string of the molecule is Cc1c(C[C@@H](O)CNC(C)C)nc2ccccc2c1C. The normalized spacial score (nSPS) is 13.1. The van der Waals surface area contributed by atoms with Crippen molar-refractivity contribution in [3.8, 4) is 0 Å². The smallest absolute Gasteiger partial charge is 0.0720 e. The first kappa shape index (κ1) is 14.9. The van der Waals surface area contributed by atoms with E-state index >= 15 is 0 Å². The van der Waals surface area contributed by atoms with E-state index in [9.17, 15) is 5.11 Å². The number of para-hydroxylation sites is 1. The lowest BCUT2D eigenvalue weighted by molar-refractivity contribution is 0.167. The maximum Gasteiger partial charge on any atom is 0.0720 e. The Kier molecular flexibility index (Phi) is 4.73. The van der Waals surface area contributed by atoms with E-state index in [0.29, 0.717) is 19.0 Å². The molecule has 2 rings (SSSR count). The van der Waals surface area contributed by atoms with Crippen LogP contribution in [-0.2, 0) is 6.42 Å². The fourth-order valence-electron chi connectivity index (χ4n) is 2.40. The van der Waals surface area contributed by atoms with E-state index in [0.717, 1.165) is 11.2 Å². The van der Waals surface area contributed by atoms with E-state index in [-0.39, 0.29) is 0 Å². The molecule has 1 atom stereocenters. The van der Waals surface area contributed by atoms with Gasteiger partial charge in [-0.2, -0.15) is 0 Å². The monoisotopic (exact) mass is 272 g/mol. The van der Waals surface area contributed by atoms with E-state index in [1.807, 2.05) is 18.2 Å². The molecule has 2 aromatic rings. The minimum atomic E-state index is -0.399. The lowest BCUT2D eigenvalue weighted by Crippen LogP contribution is -2.33. The predicted molar refractivity (Wildman–Crippen MR) is 84.1 cm³/mol. The van der Waals surface area contributed by atoms with Gasteiger partial charge >= 0.3 is 0 Å². The second-order valence-electron chi connectivity index (χ2n) is 5.75. The molecule has 0 amide bonds. The molecule has 0 radical (unpaired) electrons. The third-order valence-corrected chi connectivity index (χ3v) is 3.75. The number of nitrogens with one attached hydrogen (secondary N) is 1. The summed E-state index contributed by atoms with van der Waals surface area (Å²) in [4.78, 5) is 4.71. The molecular formula is C17H24N2O. The van der Waals surface area contributed by atoms with Gasteiger partial charge in [-0.05, 0) is 31.0 Å².